The third-order valence-corrected chi connectivity index (χ3v) is 3.07. The van der Waals surface area contributed by atoms with Crippen LogP contribution in [0.25, 0.3) is 0 Å². The molecule has 0 spiro atoms. The Morgan fingerprint density at radius 1 is 1.17 bits per heavy atom. The standard InChI is InChI=1S/C13H19NO4/c1-17-12-4-2-3-5-13(12)18-7-6-14-8-10(15)11(16)9-14/h2-5,10-11,15-16H,6-9H2,1H3/t10-,11+. The smallest absolute Gasteiger partial charge is 0.161 e. The molecule has 1 saturated heterocycles. The van der Waals surface area contributed by atoms with Crippen LogP contribution in [0.5, 0.6) is 11.5 Å². The minimum Gasteiger partial charge on any atom is -0.493 e. The van der Waals surface area contributed by atoms with Crippen molar-refractivity contribution < 1.29 is 19.7 Å². The second-order valence-electron chi connectivity index (χ2n) is 4.39. The lowest BCUT2D eigenvalue weighted by molar-refractivity contribution is 0.0572. The summed E-state index contributed by atoms with van der Waals surface area (Å²) in [5.41, 5.74) is 0. The molecular formula is C13H19NO4. The molecule has 1 aromatic carbocycles. The van der Waals surface area contributed by atoms with Crippen LogP contribution in [0.3, 0.4) is 0 Å². The minimum absolute atomic E-state index is 0.496. The number of methoxy groups -OCH3 is 1. The van der Waals surface area contributed by atoms with Crippen molar-refractivity contribution in [3.05, 3.63) is 24.3 Å². The molecule has 1 aromatic rings. The Bertz CT molecular complexity index is 375. The number of likely N-dealkylation sites (tertiary alicyclic amines) is 1. The van der Waals surface area contributed by atoms with Gasteiger partial charge < -0.3 is 19.7 Å². The lowest BCUT2D eigenvalue weighted by Gasteiger charge is -2.16. The van der Waals surface area contributed by atoms with E-state index in [0.717, 1.165) is 0 Å². The van der Waals surface area contributed by atoms with Crippen LogP contribution in [-0.2, 0) is 0 Å². The van der Waals surface area contributed by atoms with Crippen molar-refractivity contribution in [2.24, 2.45) is 0 Å². The quantitative estimate of drug-likeness (QED) is 0.780. The normalized spacial score (nSPS) is 24.2. The third kappa shape index (κ3) is 3.13. The average Bonchev–Trinajstić information content (AvgIpc) is 2.69. The molecule has 1 aliphatic rings. The van der Waals surface area contributed by atoms with Gasteiger partial charge in [0.2, 0.25) is 0 Å². The maximum Gasteiger partial charge on any atom is 0.161 e. The third-order valence-electron chi connectivity index (χ3n) is 3.07. The van der Waals surface area contributed by atoms with E-state index >= 15 is 0 Å². The topological polar surface area (TPSA) is 62.2 Å². The van der Waals surface area contributed by atoms with Gasteiger partial charge in [0.1, 0.15) is 6.61 Å². The van der Waals surface area contributed by atoms with Crippen LogP contribution in [0.15, 0.2) is 24.3 Å². The van der Waals surface area contributed by atoms with Crippen LogP contribution < -0.4 is 9.47 Å². The molecule has 0 saturated carbocycles. The van der Waals surface area contributed by atoms with Crippen molar-refractivity contribution in [3.8, 4) is 11.5 Å². The summed E-state index contributed by atoms with van der Waals surface area (Å²) in [6, 6.07) is 7.48. The zero-order chi connectivity index (χ0) is 13.0. The molecule has 0 bridgehead atoms. The molecule has 0 amide bonds. The lowest BCUT2D eigenvalue weighted by atomic mass is 10.3. The van der Waals surface area contributed by atoms with E-state index in [2.05, 4.69) is 0 Å². The van der Waals surface area contributed by atoms with E-state index in [1.807, 2.05) is 29.2 Å². The van der Waals surface area contributed by atoms with Gasteiger partial charge >= 0.3 is 0 Å². The summed E-state index contributed by atoms with van der Waals surface area (Å²) >= 11 is 0. The van der Waals surface area contributed by atoms with Crippen LogP contribution in [0, 0.1) is 0 Å². The number of para-hydroxylation sites is 2. The monoisotopic (exact) mass is 253 g/mol. The molecule has 18 heavy (non-hydrogen) atoms. The lowest BCUT2D eigenvalue weighted by Crippen LogP contribution is -2.27. The Balaban J connectivity index is 1.79. The number of hydrogen-bond donors (Lipinski definition) is 2. The molecule has 1 heterocycles. The van der Waals surface area contributed by atoms with Gasteiger partial charge in [-0.3, -0.25) is 4.90 Å². The van der Waals surface area contributed by atoms with Gasteiger partial charge in [0, 0.05) is 19.6 Å². The second-order valence-corrected chi connectivity index (χ2v) is 4.39. The van der Waals surface area contributed by atoms with E-state index in [0.29, 0.717) is 37.7 Å². The number of β-amino-alcohol motifs (C(OH)–C–C–N with tert-alkyl or cyclic N) is 2. The Hall–Kier alpha value is -1.30. The largest absolute Gasteiger partial charge is 0.493 e. The minimum atomic E-state index is -0.642. The molecule has 0 unspecified atom stereocenters. The molecule has 0 aliphatic carbocycles. The highest BCUT2D eigenvalue weighted by molar-refractivity contribution is 5.39. The first-order valence-corrected chi connectivity index (χ1v) is 6.05. The van der Waals surface area contributed by atoms with Crippen LogP contribution in [0.4, 0.5) is 0 Å². The maximum absolute atomic E-state index is 9.41. The van der Waals surface area contributed by atoms with Gasteiger partial charge in [0.05, 0.1) is 19.3 Å². The number of nitrogens with zero attached hydrogens (tertiary/aromatic N) is 1. The highest BCUT2D eigenvalue weighted by Crippen LogP contribution is 2.25. The fraction of sp³-hybridized carbons (Fsp3) is 0.538. The maximum atomic E-state index is 9.41. The van der Waals surface area contributed by atoms with Crippen LogP contribution >= 0.6 is 0 Å². The van der Waals surface area contributed by atoms with Crippen molar-refractivity contribution >= 4 is 0 Å². The molecule has 2 atom stereocenters. The summed E-state index contributed by atoms with van der Waals surface area (Å²) in [5, 5.41) is 18.8. The molecule has 100 valence electrons. The predicted molar refractivity (Wildman–Crippen MR) is 66.9 cm³/mol. The summed E-state index contributed by atoms with van der Waals surface area (Å²) < 4.78 is 10.8. The molecule has 2 rings (SSSR count). The molecule has 1 fully saturated rings. The van der Waals surface area contributed by atoms with Crippen LogP contribution in [0.2, 0.25) is 0 Å². The first-order chi connectivity index (χ1) is 8.70. The van der Waals surface area contributed by atoms with Crippen molar-refractivity contribution in [1.29, 1.82) is 0 Å². The fourth-order valence-electron chi connectivity index (χ4n) is 2.05. The number of ether oxygens (including phenoxy) is 2. The van der Waals surface area contributed by atoms with Gasteiger partial charge in [-0.1, -0.05) is 12.1 Å². The highest BCUT2D eigenvalue weighted by atomic mass is 16.5. The van der Waals surface area contributed by atoms with Gasteiger partial charge in [0.15, 0.2) is 11.5 Å². The van der Waals surface area contributed by atoms with E-state index in [1.165, 1.54) is 0 Å². The Kier molecular flexibility index (Phi) is 4.41. The fourth-order valence-corrected chi connectivity index (χ4v) is 2.05. The van der Waals surface area contributed by atoms with Gasteiger partial charge in [-0.25, -0.2) is 0 Å². The van der Waals surface area contributed by atoms with Crippen molar-refractivity contribution in [3.63, 3.8) is 0 Å². The van der Waals surface area contributed by atoms with Crippen molar-refractivity contribution in [2.75, 3.05) is 33.4 Å². The molecule has 2 N–H and O–H groups in total. The molecule has 5 nitrogen and oxygen atoms in total. The van der Waals surface area contributed by atoms with E-state index in [1.54, 1.807) is 7.11 Å². The predicted octanol–water partition coefficient (Wildman–Crippen LogP) is 0.111. The Morgan fingerprint density at radius 2 is 1.78 bits per heavy atom. The number of rotatable bonds is 5. The Morgan fingerprint density at radius 3 is 2.39 bits per heavy atom. The molecule has 0 radical (unpaired) electrons. The second kappa shape index (κ2) is 6.04. The first kappa shape index (κ1) is 13.1. The summed E-state index contributed by atoms with van der Waals surface area (Å²) in [4.78, 5) is 1.98. The number of hydrogen-bond acceptors (Lipinski definition) is 5. The number of benzene rings is 1. The highest BCUT2D eigenvalue weighted by Gasteiger charge is 2.28. The van der Waals surface area contributed by atoms with Crippen LogP contribution in [0.1, 0.15) is 0 Å². The van der Waals surface area contributed by atoms with Crippen molar-refractivity contribution in [2.45, 2.75) is 12.2 Å². The molecule has 5 heteroatoms. The zero-order valence-corrected chi connectivity index (χ0v) is 10.5. The van der Waals surface area contributed by atoms with Gasteiger partial charge in [-0.05, 0) is 12.1 Å². The summed E-state index contributed by atoms with van der Waals surface area (Å²) in [5.74, 6) is 1.42. The number of aliphatic hydroxyl groups is 2. The average molecular weight is 253 g/mol. The van der Waals surface area contributed by atoms with Gasteiger partial charge in [-0.2, -0.15) is 0 Å². The molecule has 1 aliphatic heterocycles. The number of aliphatic hydroxyl groups excluding tert-OH is 2. The SMILES string of the molecule is COc1ccccc1OCCN1C[C@@H](O)[C@@H](O)C1. The Labute approximate surface area is 107 Å². The van der Waals surface area contributed by atoms with Gasteiger partial charge in [-0.15, -0.1) is 0 Å². The zero-order valence-electron chi connectivity index (χ0n) is 10.5. The summed E-state index contributed by atoms with van der Waals surface area (Å²) in [7, 11) is 1.61. The van der Waals surface area contributed by atoms with E-state index in [9.17, 15) is 10.2 Å². The van der Waals surface area contributed by atoms with Crippen molar-refractivity contribution in [1.82, 2.24) is 4.90 Å². The van der Waals surface area contributed by atoms with E-state index < -0.39 is 12.2 Å². The molecular weight excluding hydrogens is 234 g/mol. The molecule has 0 aromatic heterocycles. The van der Waals surface area contributed by atoms with Gasteiger partial charge in [0.25, 0.3) is 0 Å². The van der Waals surface area contributed by atoms with E-state index in [4.69, 9.17) is 9.47 Å². The summed E-state index contributed by atoms with van der Waals surface area (Å²) in [6.07, 6.45) is -1.28. The summed E-state index contributed by atoms with van der Waals surface area (Å²) in [6.45, 7) is 2.17. The van der Waals surface area contributed by atoms with Crippen LogP contribution in [-0.4, -0.2) is 60.7 Å². The first-order valence-electron chi connectivity index (χ1n) is 6.05. The van der Waals surface area contributed by atoms with E-state index in [-0.39, 0.29) is 0 Å².